The van der Waals surface area contributed by atoms with Crippen LogP contribution < -0.4 is 0 Å². The second kappa shape index (κ2) is 6.01. The van der Waals surface area contributed by atoms with Crippen LogP contribution in [0.2, 0.25) is 0 Å². The number of hydrogen-bond acceptors (Lipinski definition) is 4. The molecule has 1 aromatic heterocycles. The largest absolute Gasteiger partial charge is 0.508 e. The zero-order valence-corrected chi connectivity index (χ0v) is 14.5. The predicted molar refractivity (Wildman–Crippen MR) is 95.1 cm³/mol. The molecule has 24 heavy (non-hydrogen) atoms. The summed E-state index contributed by atoms with van der Waals surface area (Å²) in [6.07, 6.45) is 5.37. The second-order valence-corrected chi connectivity index (χ2v) is 7.33. The van der Waals surface area contributed by atoms with Gasteiger partial charge in [0, 0.05) is 18.1 Å². The maximum absolute atomic E-state index is 9.87. The molecule has 1 N–H and O–H groups in total. The van der Waals surface area contributed by atoms with Crippen LogP contribution in [0, 0.1) is 5.92 Å². The van der Waals surface area contributed by atoms with Gasteiger partial charge in [0.25, 0.3) is 0 Å². The topological polar surface area (TPSA) is 45.6 Å². The Morgan fingerprint density at radius 2 is 2.12 bits per heavy atom. The van der Waals surface area contributed by atoms with Gasteiger partial charge < -0.3 is 14.7 Å². The van der Waals surface area contributed by atoms with E-state index in [1.54, 1.807) is 12.1 Å². The van der Waals surface area contributed by atoms with E-state index in [0.29, 0.717) is 5.92 Å². The molecule has 0 saturated carbocycles. The van der Waals surface area contributed by atoms with Gasteiger partial charge in [-0.2, -0.15) is 0 Å². The molecule has 4 nitrogen and oxygen atoms in total. The quantitative estimate of drug-likeness (QED) is 0.926. The Kier molecular flexibility index (Phi) is 3.97. The van der Waals surface area contributed by atoms with Crippen LogP contribution in [0.5, 0.6) is 5.75 Å². The van der Waals surface area contributed by atoms with Crippen molar-refractivity contribution in [3.8, 4) is 5.75 Å². The molecule has 4 heteroatoms. The van der Waals surface area contributed by atoms with Crippen LogP contribution in [0.4, 0.5) is 0 Å². The first-order chi connectivity index (χ1) is 11.6. The zero-order valence-electron chi connectivity index (χ0n) is 14.5. The number of aromatic nitrogens is 1. The average Bonchev–Trinajstić information content (AvgIpc) is 2.62. The van der Waals surface area contributed by atoms with Crippen molar-refractivity contribution in [3.05, 3.63) is 36.0 Å². The molecule has 0 aliphatic carbocycles. The molecule has 3 aliphatic heterocycles. The summed E-state index contributed by atoms with van der Waals surface area (Å²) in [6, 6.07) is 7.38. The van der Waals surface area contributed by atoms with Crippen LogP contribution in [0.25, 0.3) is 10.9 Å². The lowest BCUT2D eigenvalue weighted by atomic mass is 9.73. The van der Waals surface area contributed by atoms with Crippen LogP contribution in [0.1, 0.15) is 44.8 Å². The summed E-state index contributed by atoms with van der Waals surface area (Å²) in [7, 11) is 0. The number of hydrogen-bond donors (Lipinski definition) is 1. The van der Waals surface area contributed by atoms with Crippen LogP contribution in [-0.2, 0) is 4.74 Å². The lowest BCUT2D eigenvalue weighted by molar-refractivity contribution is -0.180. The lowest BCUT2D eigenvalue weighted by Gasteiger charge is -2.53. The number of piperidine rings is 3. The zero-order chi connectivity index (χ0) is 16.7. The van der Waals surface area contributed by atoms with Crippen molar-refractivity contribution in [3.63, 3.8) is 0 Å². The fourth-order valence-corrected chi connectivity index (χ4v) is 4.67. The first kappa shape index (κ1) is 15.9. The van der Waals surface area contributed by atoms with Gasteiger partial charge in [-0.1, -0.05) is 6.92 Å². The van der Waals surface area contributed by atoms with Crippen molar-refractivity contribution in [2.75, 3.05) is 19.6 Å². The molecule has 2 aromatic rings. The molecule has 4 heterocycles. The Labute approximate surface area is 143 Å². The number of rotatable bonds is 4. The minimum Gasteiger partial charge on any atom is -0.508 e. The molecule has 3 aliphatic rings. The van der Waals surface area contributed by atoms with Crippen molar-refractivity contribution in [2.24, 2.45) is 5.92 Å². The van der Waals surface area contributed by atoms with Crippen molar-refractivity contribution < 1.29 is 9.84 Å². The van der Waals surface area contributed by atoms with Gasteiger partial charge >= 0.3 is 0 Å². The standard InChI is InChI=1S/C20H26N2O2/c1-3-20(13-22-10-7-15(20)8-11-22)24-14(2)17-6-9-21-19-5-4-16(23)12-18(17)19/h4-6,9,12,14-15,23H,3,7-8,10-11,13H2,1-2H3/t14-,20?/m1/s1. The van der Waals surface area contributed by atoms with Crippen molar-refractivity contribution in [1.82, 2.24) is 9.88 Å². The molecule has 2 bridgehead atoms. The summed E-state index contributed by atoms with van der Waals surface area (Å²) in [5.74, 6) is 0.938. The molecule has 5 rings (SSSR count). The molecule has 3 saturated heterocycles. The Balaban J connectivity index is 1.66. The number of fused-ring (bicyclic) bond motifs is 4. The van der Waals surface area contributed by atoms with E-state index in [4.69, 9.17) is 4.74 Å². The highest BCUT2D eigenvalue weighted by atomic mass is 16.5. The maximum atomic E-state index is 9.87. The number of nitrogens with zero attached hydrogens (tertiary/aromatic N) is 2. The fraction of sp³-hybridized carbons (Fsp3) is 0.550. The highest BCUT2D eigenvalue weighted by Gasteiger charge is 2.47. The molecular weight excluding hydrogens is 300 g/mol. The number of ether oxygens (including phenoxy) is 1. The molecule has 0 amide bonds. The van der Waals surface area contributed by atoms with E-state index >= 15 is 0 Å². The molecule has 2 atom stereocenters. The molecule has 1 aromatic carbocycles. The number of aromatic hydroxyl groups is 1. The normalized spacial score (nSPS) is 30.6. The van der Waals surface area contributed by atoms with E-state index in [1.807, 2.05) is 18.3 Å². The van der Waals surface area contributed by atoms with E-state index in [9.17, 15) is 5.11 Å². The van der Waals surface area contributed by atoms with E-state index < -0.39 is 0 Å². The van der Waals surface area contributed by atoms with Gasteiger partial charge in [0.05, 0.1) is 17.2 Å². The Morgan fingerprint density at radius 3 is 2.79 bits per heavy atom. The third-order valence-corrected chi connectivity index (χ3v) is 6.03. The molecule has 128 valence electrons. The second-order valence-electron chi connectivity index (χ2n) is 7.33. The van der Waals surface area contributed by atoms with Gasteiger partial charge in [-0.15, -0.1) is 0 Å². The van der Waals surface area contributed by atoms with Gasteiger partial charge in [0.2, 0.25) is 0 Å². The molecule has 0 spiro atoms. The van der Waals surface area contributed by atoms with Gasteiger partial charge in [0.1, 0.15) is 5.75 Å². The van der Waals surface area contributed by atoms with E-state index in [1.165, 1.54) is 25.9 Å². The molecule has 3 fully saturated rings. The van der Waals surface area contributed by atoms with E-state index in [0.717, 1.165) is 29.4 Å². The van der Waals surface area contributed by atoms with Gasteiger partial charge in [-0.05, 0) is 75.0 Å². The summed E-state index contributed by atoms with van der Waals surface area (Å²) >= 11 is 0. The monoisotopic (exact) mass is 326 g/mol. The van der Waals surface area contributed by atoms with Gasteiger partial charge in [-0.25, -0.2) is 0 Å². The third-order valence-electron chi connectivity index (χ3n) is 6.03. The first-order valence-corrected chi connectivity index (χ1v) is 9.09. The Bertz CT molecular complexity index is 739. The summed E-state index contributed by atoms with van der Waals surface area (Å²) in [5.41, 5.74) is 1.97. The van der Waals surface area contributed by atoms with E-state index in [-0.39, 0.29) is 17.5 Å². The SMILES string of the molecule is CCC1(O[C@H](C)c2ccnc3ccc(O)cc23)CN2CCC1CC2. The van der Waals surface area contributed by atoms with E-state index in [2.05, 4.69) is 23.7 Å². The molecule has 1 unspecified atom stereocenters. The van der Waals surface area contributed by atoms with Crippen LogP contribution in [0.15, 0.2) is 30.5 Å². The van der Waals surface area contributed by atoms with Gasteiger partial charge in [0.15, 0.2) is 0 Å². The Morgan fingerprint density at radius 1 is 1.33 bits per heavy atom. The highest BCUT2D eigenvalue weighted by molar-refractivity contribution is 5.83. The first-order valence-electron chi connectivity index (χ1n) is 9.09. The van der Waals surface area contributed by atoms with Crippen LogP contribution in [-0.4, -0.2) is 40.2 Å². The average molecular weight is 326 g/mol. The number of phenols is 1. The summed E-state index contributed by atoms with van der Waals surface area (Å²) in [5, 5.41) is 10.8. The number of phenolic OH excluding ortho intramolecular Hbond substituents is 1. The van der Waals surface area contributed by atoms with Crippen LogP contribution in [0.3, 0.4) is 0 Å². The minimum absolute atomic E-state index is 0.0159. The number of pyridine rings is 1. The van der Waals surface area contributed by atoms with Crippen molar-refractivity contribution in [1.29, 1.82) is 0 Å². The summed E-state index contributed by atoms with van der Waals surface area (Å²) < 4.78 is 6.74. The predicted octanol–water partition coefficient (Wildman–Crippen LogP) is 3.89. The maximum Gasteiger partial charge on any atom is 0.116 e. The number of benzene rings is 1. The molecule has 0 radical (unpaired) electrons. The smallest absolute Gasteiger partial charge is 0.116 e. The Hall–Kier alpha value is -1.65. The van der Waals surface area contributed by atoms with Crippen molar-refractivity contribution >= 4 is 10.9 Å². The van der Waals surface area contributed by atoms with Crippen LogP contribution >= 0.6 is 0 Å². The summed E-state index contributed by atoms with van der Waals surface area (Å²) in [4.78, 5) is 6.96. The highest BCUT2D eigenvalue weighted by Crippen LogP contribution is 2.43. The van der Waals surface area contributed by atoms with Crippen molar-refractivity contribution in [2.45, 2.75) is 44.8 Å². The third kappa shape index (κ3) is 2.58. The van der Waals surface area contributed by atoms with Gasteiger partial charge in [-0.3, -0.25) is 4.98 Å². The summed E-state index contributed by atoms with van der Waals surface area (Å²) in [6.45, 7) is 7.87. The minimum atomic E-state index is -0.0394. The lowest BCUT2D eigenvalue weighted by Crippen LogP contribution is -2.60. The fourth-order valence-electron chi connectivity index (χ4n) is 4.67. The molecular formula is C20H26N2O2.